The van der Waals surface area contributed by atoms with Crippen LogP contribution in [0.1, 0.15) is 18.1 Å². The Balaban J connectivity index is 1.98. The van der Waals surface area contributed by atoms with Crippen LogP contribution in [0.4, 0.5) is 45.5 Å². The first-order valence-corrected chi connectivity index (χ1v) is 10.7. The second-order valence-electron chi connectivity index (χ2n) is 7.45. The van der Waals surface area contributed by atoms with Gasteiger partial charge in [0.1, 0.15) is 0 Å². The maximum Gasteiger partial charge on any atom is 0.416 e. The maximum atomic E-state index is 13.8. The molecule has 0 fully saturated rings. The Bertz CT molecular complexity index is 1250. The summed E-state index contributed by atoms with van der Waals surface area (Å²) < 4.78 is 40.7. The Labute approximate surface area is 198 Å². The molecule has 3 aromatic carbocycles. The van der Waals surface area contributed by atoms with Crippen LogP contribution in [0.2, 0.25) is 5.02 Å². The molecule has 0 unspecified atom stereocenters. The molecule has 1 aliphatic rings. The summed E-state index contributed by atoms with van der Waals surface area (Å²) in [6.45, 7) is 1.40. The molecule has 0 aromatic heterocycles. The average Bonchev–Trinajstić information content (AvgIpc) is 2.89. The Morgan fingerprint density at radius 1 is 0.853 bits per heavy atom. The first-order valence-electron chi connectivity index (χ1n) is 10.3. The molecule has 0 radical (unpaired) electrons. The van der Waals surface area contributed by atoms with Crippen molar-refractivity contribution in [1.29, 1.82) is 0 Å². The third kappa shape index (κ3) is 4.08. The number of amides is 4. The van der Waals surface area contributed by atoms with Crippen LogP contribution in [0.5, 0.6) is 0 Å². The normalized spacial score (nSPS) is 14.4. The molecule has 4 amide bonds. The minimum absolute atomic E-state index is 0.0817. The molecule has 1 aliphatic heterocycles. The highest BCUT2D eigenvalue weighted by Crippen LogP contribution is 2.43. The number of benzene rings is 3. The van der Waals surface area contributed by atoms with Crippen molar-refractivity contribution in [2.75, 3.05) is 21.2 Å². The van der Waals surface area contributed by atoms with Crippen LogP contribution >= 0.6 is 11.6 Å². The third-order valence-electron chi connectivity index (χ3n) is 5.44. The molecular formula is C24H19ClF3N3O3. The predicted octanol–water partition coefficient (Wildman–Crippen LogP) is 6.58. The van der Waals surface area contributed by atoms with Crippen LogP contribution in [0, 0.1) is 0 Å². The zero-order valence-corrected chi connectivity index (χ0v) is 18.6. The van der Waals surface area contributed by atoms with Crippen molar-refractivity contribution in [2.45, 2.75) is 19.7 Å². The van der Waals surface area contributed by atoms with Crippen LogP contribution in [0.15, 0.2) is 66.7 Å². The Morgan fingerprint density at radius 3 is 2.15 bits per heavy atom. The predicted molar refractivity (Wildman–Crippen MR) is 124 cm³/mol. The number of halogens is 4. The van der Waals surface area contributed by atoms with E-state index >= 15 is 0 Å². The molecule has 6 nitrogen and oxygen atoms in total. The summed E-state index contributed by atoms with van der Waals surface area (Å²) in [7, 11) is 0. The second kappa shape index (κ2) is 9.00. The van der Waals surface area contributed by atoms with Crippen LogP contribution in [-0.2, 0) is 12.8 Å². The zero-order chi connectivity index (χ0) is 24.6. The quantitative estimate of drug-likeness (QED) is 0.450. The fourth-order valence-corrected chi connectivity index (χ4v) is 4.01. The number of imide groups is 1. The van der Waals surface area contributed by atoms with E-state index in [0.29, 0.717) is 5.56 Å². The third-order valence-corrected chi connectivity index (χ3v) is 5.79. The van der Waals surface area contributed by atoms with Gasteiger partial charge in [-0.1, -0.05) is 35.9 Å². The van der Waals surface area contributed by atoms with Gasteiger partial charge in [-0.3, -0.25) is 9.80 Å². The minimum atomic E-state index is -4.65. The molecule has 0 atom stereocenters. The van der Waals surface area contributed by atoms with Crippen molar-refractivity contribution in [2.24, 2.45) is 0 Å². The molecule has 1 N–H and O–H groups in total. The molecule has 10 heteroatoms. The standard InChI is InChI=1S/C24H19ClF3N3O3/c1-2-29-20-11-9-16(24(26,27)28)12-21(20)30(17-6-4-3-5-7-17)23(34)31(22(29)33)18-10-8-15(14-32)19(25)13-18/h3-13,32H,2,14H2,1H3. The van der Waals surface area contributed by atoms with Gasteiger partial charge in [0, 0.05) is 11.6 Å². The van der Waals surface area contributed by atoms with Gasteiger partial charge >= 0.3 is 18.2 Å². The fourth-order valence-electron chi connectivity index (χ4n) is 3.77. The van der Waals surface area contributed by atoms with E-state index in [1.54, 1.807) is 37.3 Å². The van der Waals surface area contributed by atoms with Gasteiger partial charge in [-0.2, -0.15) is 13.2 Å². The van der Waals surface area contributed by atoms with E-state index in [-0.39, 0.29) is 40.9 Å². The van der Waals surface area contributed by atoms with Gasteiger partial charge in [-0.15, -0.1) is 0 Å². The molecule has 0 saturated carbocycles. The molecular weight excluding hydrogens is 471 g/mol. The van der Waals surface area contributed by atoms with Gasteiger partial charge < -0.3 is 5.11 Å². The van der Waals surface area contributed by atoms with Crippen molar-refractivity contribution in [1.82, 2.24) is 0 Å². The van der Waals surface area contributed by atoms with Crippen molar-refractivity contribution in [3.05, 3.63) is 82.9 Å². The highest BCUT2D eigenvalue weighted by Gasteiger charge is 2.41. The molecule has 3 aromatic rings. The molecule has 0 saturated heterocycles. The number of carbonyl (C=O) groups excluding carboxylic acids is 2. The maximum absolute atomic E-state index is 13.8. The van der Waals surface area contributed by atoms with Gasteiger partial charge in [-0.25, -0.2) is 14.5 Å². The summed E-state index contributed by atoms with van der Waals surface area (Å²) in [5.41, 5.74) is -0.0970. The monoisotopic (exact) mass is 489 g/mol. The highest BCUT2D eigenvalue weighted by molar-refractivity contribution is 6.33. The van der Waals surface area contributed by atoms with Crippen molar-refractivity contribution < 1.29 is 27.9 Å². The number of rotatable bonds is 4. The lowest BCUT2D eigenvalue weighted by molar-refractivity contribution is -0.137. The smallest absolute Gasteiger partial charge is 0.392 e. The van der Waals surface area contributed by atoms with E-state index in [1.165, 1.54) is 29.2 Å². The van der Waals surface area contributed by atoms with E-state index in [4.69, 9.17) is 11.6 Å². The van der Waals surface area contributed by atoms with Gasteiger partial charge in [-0.05, 0) is 55.0 Å². The summed E-state index contributed by atoms with van der Waals surface area (Å²) in [5, 5.41) is 9.54. The number of carbonyl (C=O) groups is 2. The lowest BCUT2D eigenvalue weighted by Crippen LogP contribution is -2.48. The summed E-state index contributed by atoms with van der Waals surface area (Å²) in [5.74, 6) is 0. The number of aliphatic hydroxyl groups excluding tert-OH is 1. The second-order valence-corrected chi connectivity index (χ2v) is 7.86. The minimum Gasteiger partial charge on any atom is -0.392 e. The van der Waals surface area contributed by atoms with Gasteiger partial charge in [0.05, 0.1) is 34.9 Å². The summed E-state index contributed by atoms with van der Waals surface area (Å²) in [6, 6.07) is 13.7. The molecule has 0 spiro atoms. The van der Waals surface area contributed by atoms with E-state index in [2.05, 4.69) is 0 Å². The van der Waals surface area contributed by atoms with E-state index < -0.39 is 23.8 Å². The molecule has 0 bridgehead atoms. The summed E-state index contributed by atoms with van der Waals surface area (Å²) in [6.07, 6.45) is -4.65. The van der Waals surface area contributed by atoms with Gasteiger partial charge in [0.25, 0.3) is 0 Å². The SMILES string of the molecule is CCN1C(=O)N(c2ccc(CO)c(Cl)c2)C(=O)N(c2ccccc2)c2cc(C(F)(F)F)ccc21. The average molecular weight is 490 g/mol. The van der Waals surface area contributed by atoms with E-state index in [0.717, 1.165) is 21.9 Å². The van der Waals surface area contributed by atoms with E-state index in [9.17, 15) is 27.9 Å². The van der Waals surface area contributed by atoms with Gasteiger partial charge in [0.15, 0.2) is 0 Å². The summed E-state index contributed by atoms with van der Waals surface area (Å²) in [4.78, 5) is 30.6. The number of nitrogens with zero attached hydrogens (tertiary/aromatic N) is 3. The number of alkyl halides is 3. The zero-order valence-electron chi connectivity index (χ0n) is 17.9. The highest BCUT2D eigenvalue weighted by atomic mass is 35.5. The Morgan fingerprint density at radius 2 is 1.56 bits per heavy atom. The number of aliphatic hydroxyl groups is 1. The molecule has 0 aliphatic carbocycles. The summed E-state index contributed by atoms with van der Waals surface area (Å²) >= 11 is 6.21. The van der Waals surface area contributed by atoms with E-state index in [1.807, 2.05) is 0 Å². The molecule has 1 heterocycles. The Kier molecular flexibility index (Phi) is 6.24. The number of anilines is 4. The number of fused-ring (bicyclic) bond motifs is 1. The largest absolute Gasteiger partial charge is 0.416 e. The Hall–Kier alpha value is -3.56. The van der Waals surface area contributed by atoms with Crippen LogP contribution in [-0.4, -0.2) is 23.7 Å². The van der Waals surface area contributed by atoms with Crippen LogP contribution < -0.4 is 14.7 Å². The van der Waals surface area contributed by atoms with Crippen LogP contribution in [0.25, 0.3) is 0 Å². The molecule has 4 rings (SSSR count). The molecule has 34 heavy (non-hydrogen) atoms. The number of hydrogen-bond acceptors (Lipinski definition) is 3. The molecule has 176 valence electrons. The first-order chi connectivity index (χ1) is 16.2. The topological polar surface area (TPSA) is 64.1 Å². The lowest BCUT2D eigenvalue weighted by atomic mass is 10.1. The van der Waals surface area contributed by atoms with Gasteiger partial charge in [0.2, 0.25) is 0 Å². The van der Waals surface area contributed by atoms with Crippen LogP contribution in [0.3, 0.4) is 0 Å². The van der Waals surface area contributed by atoms with Crippen molar-refractivity contribution >= 4 is 46.4 Å². The number of hydrogen-bond donors (Lipinski definition) is 1. The fraction of sp³-hybridized carbons (Fsp3) is 0.167. The lowest BCUT2D eigenvalue weighted by Gasteiger charge is -2.27. The number of urea groups is 2. The first kappa shape index (κ1) is 23.6. The van der Waals surface area contributed by atoms with Crippen molar-refractivity contribution in [3.63, 3.8) is 0 Å². The van der Waals surface area contributed by atoms with Crippen molar-refractivity contribution in [3.8, 4) is 0 Å². The number of para-hydroxylation sites is 1.